The van der Waals surface area contributed by atoms with Gasteiger partial charge in [-0.2, -0.15) is 0 Å². The molecule has 0 heterocycles. The Kier molecular flexibility index (Phi) is 6.34. The third-order valence-electron chi connectivity index (χ3n) is 2.09. The van der Waals surface area contributed by atoms with Crippen LogP contribution in [0.3, 0.4) is 0 Å². The predicted molar refractivity (Wildman–Crippen MR) is 83.4 cm³/mol. The molecule has 0 saturated heterocycles. The lowest BCUT2D eigenvalue weighted by Gasteiger charge is -2.13. The van der Waals surface area contributed by atoms with Gasteiger partial charge in [0.05, 0.1) is 10.7 Å². The average Bonchev–Trinajstić information content (AvgIpc) is 2.29. The van der Waals surface area contributed by atoms with Crippen LogP contribution in [-0.4, -0.2) is 11.0 Å². The van der Waals surface area contributed by atoms with Crippen molar-refractivity contribution in [3.8, 4) is 0 Å². The third-order valence-corrected chi connectivity index (χ3v) is 2.84. The lowest BCUT2D eigenvalue weighted by molar-refractivity contribution is -0.122. The van der Waals surface area contributed by atoms with E-state index in [-0.39, 0.29) is 16.9 Å². The number of anilines is 1. The maximum Gasteiger partial charge on any atom is 0.238 e. The van der Waals surface area contributed by atoms with Crippen molar-refractivity contribution in [2.75, 3.05) is 5.32 Å². The fourth-order valence-corrected chi connectivity index (χ4v) is 1.91. The van der Waals surface area contributed by atoms with E-state index in [4.69, 9.17) is 35.4 Å². The number of hydrazine groups is 1. The highest BCUT2D eigenvalue weighted by molar-refractivity contribution is 7.80. The van der Waals surface area contributed by atoms with Crippen molar-refractivity contribution in [3.05, 3.63) is 28.2 Å². The summed E-state index contributed by atoms with van der Waals surface area (Å²) in [6, 6.07) is 5.00. The zero-order valence-electron chi connectivity index (χ0n) is 10.6. The van der Waals surface area contributed by atoms with E-state index in [9.17, 15) is 4.79 Å². The fourth-order valence-electron chi connectivity index (χ4n) is 1.29. The van der Waals surface area contributed by atoms with Crippen LogP contribution in [0.15, 0.2) is 18.2 Å². The molecular formula is C12H15Cl2N3OS. The summed E-state index contributed by atoms with van der Waals surface area (Å²) >= 11 is 16.8. The van der Waals surface area contributed by atoms with Gasteiger partial charge in [0.25, 0.3) is 0 Å². The van der Waals surface area contributed by atoms with Crippen LogP contribution in [-0.2, 0) is 4.79 Å². The molecule has 4 nitrogen and oxygen atoms in total. The van der Waals surface area contributed by atoms with E-state index in [0.29, 0.717) is 22.2 Å². The van der Waals surface area contributed by atoms with E-state index in [1.807, 2.05) is 13.8 Å². The van der Waals surface area contributed by atoms with Gasteiger partial charge in [0, 0.05) is 11.4 Å². The zero-order chi connectivity index (χ0) is 14.4. The van der Waals surface area contributed by atoms with Gasteiger partial charge >= 0.3 is 0 Å². The first-order valence-corrected chi connectivity index (χ1v) is 6.85. The van der Waals surface area contributed by atoms with Crippen molar-refractivity contribution < 1.29 is 4.79 Å². The molecule has 7 heteroatoms. The molecule has 0 fully saturated rings. The van der Waals surface area contributed by atoms with Crippen LogP contribution in [0.25, 0.3) is 0 Å². The molecule has 1 amide bonds. The van der Waals surface area contributed by atoms with Crippen LogP contribution in [0.1, 0.15) is 20.3 Å². The zero-order valence-corrected chi connectivity index (χ0v) is 12.9. The van der Waals surface area contributed by atoms with Gasteiger partial charge < -0.3 is 5.32 Å². The third kappa shape index (κ3) is 6.09. The molecular weight excluding hydrogens is 305 g/mol. The van der Waals surface area contributed by atoms with E-state index in [1.54, 1.807) is 18.2 Å². The second-order valence-electron chi connectivity index (χ2n) is 4.35. The Balaban J connectivity index is 2.45. The lowest BCUT2D eigenvalue weighted by atomic mass is 10.1. The molecule has 0 spiro atoms. The summed E-state index contributed by atoms with van der Waals surface area (Å²) < 4.78 is 0. The van der Waals surface area contributed by atoms with Crippen LogP contribution < -0.4 is 16.2 Å². The van der Waals surface area contributed by atoms with Gasteiger partial charge in [-0.15, -0.1) is 0 Å². The Morgan fingerprint density at radius 3 is 2.58 bits per heavy atom. The van der Waals surface area contributed by atoms with Crippen molar-refractivity contribution in [1.29, 1.82) is 0 Å². The van der Waals surface area contributed by atoms with Crippen LogP contribution in [0, 0.1) is 5.92 Å². The summed E-state index contributed by atoms with van der Waals surface area (Å²) in [5.41, 5.74) is 5.72. The van der Waals surface area contributed by atoms with Crippen LogP contribution >= 0.6 is 35.4 Å². The SMILES string of the molecule is CC(C)CC(=O)NNC(=S)Nc1ccc(Cl)cc1Cl. The largest absolute Gasteiger partial charge is 0.330 e. The van der Waals surface area contributed by atoms with Crippen LogP contribution in [0.2, 0.25) is 10.0 Å². The number of benzene rings is 1. The molecule has 19 heavy (non-hydrogen) atoms. The lowest BCUT2D eigenvalue weighted by Crippen LogP contribution is -2.44. The average molecular weight is 320 g/mol. The molecule has 1 aromatic carbocycles. The maximum atomic E-state index is 11.4. The number of carbonyl (C=O) groups excluding carboxylic acids is 1. The smallest absolute Gasteiger partial charge is 0.238 e. The van der Waals surface area contributed by atoms with Gasteiger partial charge in [-0.05, 0) is 36.3 Å². The number of halogens is 2. The number of nitrogens with one attached hydrogen (secondary N) is 3. The molecule has 0 radical (unpaired) electrons. The van der Waals surface area contributed by atoms with E-state index in [1.165, 1.54) is 0 Å². The monoisotopic (exact) mass is 319 g/mol. The Labute approximate surface area is 127 Å². The molecule has 3 N–H and O–H groups in total. The highest BCUT2D eigenvalue weighted by Gasteiger charge is 2.06. The Hall–Kier alpha value is -1.04. The minimum atomic E-state index is -0.124. The van der Waals surface area contributed by atoms with Crippen molar-refractivity contribution in [3.63, 3.8) is 0 Å². The summed E-state index contributed by atoms with van der Waals surface area (Å²) in [6.07, 6.45) is 0.428. The van der Waals surface area contributed by atoms with Gasteiger partial charge in [0.15, 0.2) is 5.11 Å². The van der Waals surface area contributed by atoms with Crippen molar-refractivity contribution >= 4 is 52.1 Å². The molecule has 0 bridgehead atoms. The first-order chi connectivity index (χ1) is 8.88. The number of hydrogen-bond donors (Lipinski definition) is 3. The number of hydrogen-bond acceptors (Lipinski definition) is 2. The second kappa shape index (κ2) is 7.53. The number of carbonyl (C=O) groups is 1. The normalized spacial score (nSPS) is 10.2. The minimum Gasteiger partial charge on any atom is -0.330 e. The summed E-state index contributed by atoms with van der Waals surface area (Å²) in [7, 11) is 0. The Bertz CT molecular complexity index is 480. The molecule has 104 valence electrons. The number of amides is 1. The highest BCUT2D eigenvalue weighted by atomic mass is 35.5. The quantitative estimate of drug-likeness (QED) is 0.590. The van der Waals surface area contributed by atoms with Gasteiger partial charge in [-0.3, -0.25) is 15.6 Å². The van der Waals surface area contributed by atoms with Crippen molar-refractivity contribution in [2.45, 2.75) is 20.3 Å². The molecule has 1 rings (SSSR count). The second-order valence-corrected chi connectivity index (χ2v) is 5.60. The molecule has 0 aliphatic carbocycles. The van der Waals surface area contributed by atoms with Gasteiger partial charge in [0.1, 0.15) is 0 Å². The van der Waals surface area contributed by atoms with E-state index in [0.717, 1.165) is 0 Å². The van der Waals surface area contributed by atoms with Gasteiger partial charge in [0.2, 0.25) is 5.91 Å². The van der Waals surface area contributed by atoms with E-state index in [2.05, 4.69) is 16.2 Å². The topological polar surface area (TPSA) is 53.2 Å². The minimum absolute atomic E-state index is 0.124. The Morgan fingerprint density at radius 2 is 2.00 bits per heavy atom. The Morgan fingerprint density at radius 1 is 1.32 bits per heavy atom. The van der Waals surface area contributed by atoms with Crippen molar-refractivity contribution in [2.24, 2.45) is 5.92 Å². The highest BCUT2D eigenvalue weighted by Crippen LogP contribution is 2.25. The molecule has 0 saturated carbocycles. The number of rotatable bonds is 3. The van der Waals surface area contributed by atoms with Crippen molar-refractivity contribution in [1.82, 2.24) is 10.9 Å². The summed E-state index contributed by atoms with van der Waals surface area (Å²) in [6.45, 7) is 3.92. The van der Waals surface area contributed by atoms with E-state index < -0.39 is 0 Å². The summed E-state index contributed by atoms with van der Waals surface area (Å²) in [5.74, 6) is 0.162. The van der Waals surface area contributed by atoms with Crippen LogP contribution in [0.4, 0.5) is 5.69 Å². The first-order valence-electron chi connectivity index (χ1n) is 5.69. The first kappa shape index (κ1) is 16.0. The maximum absolute atomic E-state index is 11.4. The van der Waals surface area contributed by atoms with Crippen LogP contribution in [0.5, 0.6) is 0 Å². The summed E-state index contributed by atoms with van der Waals surface area (Å²) in [5, 5.41) is 4.10. The predicted octanol–water partition coefficient (Wildman–Crippen LogP) is 3.36. The standard InChI is InChI=1S/C12H15Cl2N3OS/c1-7(2)5-11(18)16-17-12(19)15-10-4-3-8(13)6-9(10)14/h3-4,6-7H,5H2,1-2H3,(H,16,18)(H2,15,17,19). The molecule has 0 unspecified atom stereocenters. The molecule has 0 aromatic heterocycles. The molecule has 0 aliphatic heterocycles. The molecule has 0 aliphatic rings. The summed E-state index contributed by atoms with van der Waals surface area (Å²) in [4.78, 5) is 11.4. The van der Waals surface area contributed by atoms with E-state index >= 15 is 0 Å². The molecule has 0 atom stereocenters. The molecule has 1 aromatic rings. The van der Waals surface area contributed by atoms with Gasteiger partial charge in [-0.25, -0.2) is 0 Å². The van der Waals surface area contributed by atoms with Gasteiger partial charge in [-0.1, -0.05) is 37.0 Å². The number of thiocarbonyl (C=S) groups is 1. The fraction of sp³-hybridized carbons (Fsp3) is 0.333.